The average Bonchev–Trinajstić information content (AvgIpc) is 3.20. The maximum absolute atomic E-state index is 11.5. The number of hydrogen-bond donors (Lipinski definition) is 2. The molecule has 0 radical (unpaired) electrons. The van der Waals surface area contributed by atoms with Crippen LogP contribution < -0.4 is 25.5 Å². The predicted molar refractivity (Wildman–Crippen MR) is 87.5 cm³/mol. The number of carbonyl (C=O) groups excluding carboxylic acids is 1. The van der Waals surface area contributed by atoms with E-state index in [1.807, 2.05) is 5.43 Å². The van der Waals surface area contributed by atoms with Crippen LogP contribution in [-0.2, 0) is 16.1 Å². The zero-order valence-corrected chi connectivity index (χ0v) is 15.2. The Hall–Kier alpha value is -1.52. The summed E-state index contributed by atoms with van der Waals surface area (Å²) >= 11 is 7.06. The molecule has 2 aliphatic rings. The van der Waals surface area contributed by atoms with Crippen LogP contribution in [0.15, 0.2) is 14.1 Å². The SMILES string of the molecule is COc1c(Br)c(C[C@@H]2CC(C(=O)NN)=NO2)c(Br)c2c1OCO2. The molecule has 2 aliphatic heterocycles. The molecular weight excluding hydrogens is 438 g/mol. The van der Waals surface area contributed by atoms with E-state index in [0.717, 1.165) is 14.5 Å². The first-order chi connectivity index (χ1) is 11.1. The van der Waals surface area contributed by atoms with Gasteiger partial charge in [0.2, 0.25) is 12.5 Å². The molecule has 0 aliphatic carbocycles. The highest BCUT2D eigenvalue weighted by Gasteiger charge is 2.32. The molecule has 1 aromatic rings. The van der Waals surface area contributed by atoms with E-state index in [1.165, 1.54) is 0 Å². The lowest BCUT2D eigenvalue weighted by Gasteiger charge is -2.16. The molecule has 124 valence electrons. The second-order valence-electron chi connectivity index (χ2n) is 4.85. The number of oxime groups is 1. The zero-order chi connectivity index (χ0) is 16.6. The highest BCUT2D eigenvalue weighted by atomic mass is 79.9. The molecule has 10 heteroatoms. The number of methoxy groups -OCH3 is 1. The van der Waals surface area contributed by atoms with E-state index >= 15 is 0 Å². The van der Waals surface area contributed by atoms with E-state index in [9.17, 15) is 4.79 Å². The van der Waals surface area contributed by atoms with Crippen LogP contribution in [0.2, 0.25) is 0 Å². The molecule has 1 aromatic carbocycles. The number of hydrogen-bond acceptors (Lipinski definition) is 7. The van der Waals surface area contributed by atoms with Crippen molar-refractivity contribution in [1.82, 2.24) is 5.43 Å². The predicted octanol–water partition coefficient (Wildman–Crippen LogP) is 1.63. The highest BCUT2D eigenvalue weighted by molar-refractivity contribution is 9.11. The molecule has 0 saturated heterocycles. The fraction of sp³-hybridized carbons (Fsp3) is 0.385. The first-order valence-corrected chi connectivity index (χ1v) is 8.22. The van der Waals surface area contributed by atoms with Gasteiger partial charge < -0.3 is 19.0 Å². The highest BCUT2D eigenvalue weighted by Crippen LogP contribution is 2.52. The van der Waals surface area contributed by atoms with Crippen LogP contribution in [0.1, 0.15) is 12.0 Å². The van der Waals surface area contributed by atoms with Crippen LogP contribution in [-0.4, -0.2) is 31.6 Å². The van der Waals surface area contributed by atoms with Crippen LogP contribution in [0.25, 0.3) is 0 Å². The Morgan fingerprint density at radius 3 is 2.83 bits per heavy atom. The Morgan fingerprint density at radius 2 is 2.13 bits per heavy atom. The number of benzene rings is 1. The van der Waals surface area contributed by atoms with Crippen molar-refractivity contribution in [1.29, 1.82) is 0 Å². The van der Waals surface area contributed by atoms with Gasteiger partial charge in [0.25, 0.3) is 5.91 Å². The van der Waals surface area contributed by atoms with Gasteiger partial charge in [-0.2, -0.15) is 0 Å². The lowest BCUT2D eigenvalue weighted by atomic mass is 10.0. The standard InChI is InChI=1S/C13H13Br2N3O5/c1-20-10-8(14)6(9(15)11-12(10)22-4-21-11)2-5-3-7(18-23-5)13(19)17-16/h5H,2-4,16H2,1H3,(H,17,19)/t5-/m1/s1. The second-order valence-corrected chi connectivity index (χ2v) is 6.44. The third-order valence-electron chi connectivity index (χ3n) is 3.51. The molecular formula is C13H13Br2N3O5. The zero-order valence-electron chi connectivity index (χ0n) is 12.0. The minimum Gasteiger partial charge on any atom is -0.492 e. The van der Waals surface area contributed by atoms with Crippen LogP contribution in [0, 0.1) is 0 Å². The van der Waals surface area contributed by atoms with Crippen molar-refractivity contribution < 1.29 is 23.8 Å². The third-order valence-corrected chi connectivity index (χ3v) is 5.19. The number of fused-ring (bicyclic) bond motifs is 1. The second kappa shape index (κ2) is 6.54. The number of nitrogens with zero attached hydrogens (tertiary/aromatic N) is 1. The van der Waals surface area contributed by atoms with E-state index in [1.54, 1.807) is 7.11 Å². The summed E-state index contributed by atoms with van der Waals surface area (Å²) in [6.07, 6.45) is 0.553. The number of hydrazine groups is 1. The molecule has 8 nitrogen and oxygen atoms in total. The molecule has 23 heavy (non-hydrogen) atoms. The van der Waals surface area contributed by atoms with Crippen LogP contribution >= 0.6 is 31.9 Å². The van der Waals surface area contributed by atoms with Crippen molar-refractivity contribution >= 4 is 43.5 Å². The molecule has 1 atom stereocenters. The lowest BCUT2D eigenvalue weighted by Crippen LogP contribution is -2.36. The molecule has 1 amide bonds. The van der Waals surface area contributed by atoms with Gasteiger partial charge in [0.1, 0.15) is 11.8 Å². The monoisotopic (exact) mass is 449 g/mol. The number of halogens is 2. The number of amides is 1. The average molecular weight is 451 g/mol. The minimum atomic E-state index is -0.450. The largest absolute Gasteiger partial charge is 0.492 e. The summed E-state index contributed by atoms with van der Waals surface area (Å²) in [4.78, 5) is 16.8. The lowest BCUT2D eigenvalue weighted by molar-refractivity contribution is -0.115. The number of carbonyl (C=O) groups is 1. The smallest absolute Gasteiger partial charge is 0.283 e. The van der Waals surface area contributed by atoms with E-state index in [4.69, 9.17) is 24.9 Å². The summed E-state index contributed by atoms with van der Waals surface area (Å²) in [6.45, 7) is 0.129. The van der Waals surface area contributed by atoms with Crippen molar-refractivity contribution in [2.24, 2.45) is 11.0 Å². The van der Waals surface area contributed by atoms with Crippen LogP contribution in [0.3, 0.4) is 0 Å². The first kappa shape index (κ1) is 16.3. The number of ether oxygens (including phenoxy) is 3. The summed E-state index contributed by atoms with van der Waals surface area (Å²) in [7, 11) is 1.55. The number of nitrogens with one attached hydrogen (secondary N) is 1. The van der Waals surface area contributed by atoms with Crippen molar-refractivity contribution in [2.75, 3.05) is 13.9 Å². The van der Waals surface area contributed by atoms with E-state index in [0.29, 0.717) is 30.1 Å². The molecule has 0 bridgehead atoms. The summed E-state index contributed by atoms with van der Waals surface area (Å²) < 4.78 is 17.8. The van der Waals surface area contributed by atoms with Gasteiger partial charge in [-0.15, -0.1) is 0 Å². The Kier molecular flexibility index (Phi) is 4.64. The molecule has 3 N–H and O–H groups in total. The summed E-state index contributed by atoms with van der Waals surface area (Å²) in [5.74, 6) is 6.33. The Morgan fingerprint density at radius 1 is 1.39 bits per heavy atom. The van der Waals surface area contributed by atoms with Gasteiger partial charge in [0.05, 0.1) is 16.1 Å². The van der Waals surface area contributed by atoms with Crippen molar-refractivity contribution in [3.05, 3.63) is 14.5 Å². The minimum absolute atomic E-state index is 0.129. The Balaban J connectivity index is 1.86. The number of nitrogens with two attached hydrogens (primary N) is 1. The van der Waals surface area contributed by atoms with Crippen LogP contribution in [0.4, 0.5) is 0 Å². The van der Waals surface area contributed by atoms with Gasteiger partial charge in [-0.25, -0.2) is 5.84 Å². The fourth-order valence-electron chi connectivity index (χ4n) is 2.42. The molecule has 0 fully saturated rings. The van der Waals surface area contributed by atoms with Gasteiger partial charge >= 0.3 is 0 Å². The molecule has 0 saturated carbocycles. The van der Waals surface area contributed by atoms with E-state index < -0.39 is 5.91 Å². The van der Waals surface area contributed by atoms with Gasteiger partial charge in [-0.3, -0.25) is 10.2 Å². The van der Waals surface area contributed by atoms with Crippen molar-refractivity contribution in [3.8, 4) is 17.2 Å². The molecule has 0 aromatic heterocycles. The molecule has 3 rings (SSSR count). The Bertz CT molecular complexity index is 695. The van der Waals surface area contributed by atoms with Crippen molar-refractivity contribution in [2.45, 2.75) is 18.9 Å². The maximum atomic E-state index is 11.5. The molecule has 0 unspecified atom stereocenters. The summed E-state index contributed by atoms with van der Waals surface area (Å²) in [6, 6.07) is 0. The quantitative estimate of drug-likeness (QED) is 0.410. The topological polar surface area (TPSA) is 104 Å². The van der Waals surface area contributed by atoms with Crippen LogP contribution in [0.5, 0.6) is 17.2 Å². The van der Waals surface area contributed by atoms with Gasteiger partial charge in [-0.1, -0.05) is 5.16 Å². The first-order valence-electron chi connectivity index (χ1n) is 6.63. The van der Waals surface area contributed by atoms with Gasteiger partial charge in [0.15, 0.2) is 11.5 Å². The van der Waals surface area contributed by atoms with E-state index in [-0.39, 0.29) is 18.6 Å². The van der Waals surface area contributed by atoms with Gasteiger partial charge in [0, 0.05) is 12.8 Å². The third kappa shape index (κ3) is 2.86. The van der Waals surface area contributed by atoms with Crippen molar-refractivity contribution in [3.63, 3.8) is 0 Å². The summed E-state index contributed by atoms with van der Waals surface area (Å²) in [5.41, 5.74) is 3.18. The van der Waals surface area contributed by atoms with Gasteiger partial charge in [-0.05, 0) is 37.4 Å². The molecule has 2 heterocycles. The fourth-order valence-corrected chi connectivity index (χ4v) is 4.05. The Labute approximate surface area is 148 Å². The summed E-state index contributed by atoms with van der Waals surface area (Å²) in [5, 5.41) is 3.77. The normalized spacial score (nSPS) is 18.4. The molecule has 0 spiro atoms. The maximum Gasteiger partial charge on any atom is 0.283 e. The van der Waals surface area contributed by atoms with E-state index in [2.05, 4.69) is 37.0 Å². The number of rotatable bonds is 4.